The Morgan fingerprint density at radius 3 is 1.91 bits per heavy atom. The van der Waals surface area contributed by atoms with Crippen LogP contribution in [0, 0.1) is 0 Å². The number of carbonyl (C=O) groups is 4. The topological polar surface area (TPSA) is 113 Å². The summed E-state index contributed by atoms with van der Waals surface area (Å²) in [6.07, 6.45) is 26.2. The van der Waals surface area contributed by atoms with Crippen LogP contribution in [-0.4, -0.2) is 46.5 Å². The van der Waals surface area contributed by atoms with Crippen molar-refractivity contribution in [3.05, 3.63) is 48.6 Å². The lowest BCUT2D eigenvalue weighted by atomic mass is 10.2. The van der Waals surface area contributed by atoms with E-state index in [1.165, 1.54) is 25.7 Å². The van der Waals surface area contributed by atoms with Crippen LogP contribution in [0.25, 0.3) is 0 Å². The van der Waals surface area contributed by atoms with Gasteiger partial charge in [-0.05, 0) is 44.9 Å². The van der Waals surface area contributed by atoms with E-state index in [1.54, 1.807) is 0 Å². The van der Waals surface area contributed by atoms with Crippen molar-refractivity contribution in [2.75, 3.05) is 6.61 Å². The molecule has 0 aromatic heterocycles. The van der Waals surface area contributed by atoms with Crippen LogP contribution in [0.3, 0.4) is 0 Å². The smallest absolute Gasteiger partial charge is 0.357 e. The van der Waals surface area contributed by atoms with Crippen LogP contribution in [0.4, 0.5) is 0 Å². The minimum Gasteiger partial charge on any atom is -0.394 e. The molecular formula is C27H40N2O6. The lowest BCUT2D eigenvalue weighted by Crippen LogP contribution is -2.47. The van der Waals surface area contributed by atoms with Crippen LogP contribution in [0.1, 0.15) is 84.0 Å². The van der Waals surface area contributed by atoms with Crippen molar-refractivity contribution in [1.29, 1.82) is 0 Å². The molecule has 0 aliphatic carbocycles. The van der Waals surface area contributed by atoms with Gasteiger partial charge in [-0.25, -0.2) is 4.79 Å². The number of unbranched alkanes of at least 4 members (excludes halogenated alkanes) is 4. The molecule has 1 saturated heterocycles. The number of nitrogens with one attached hydrogen (secondary N) is 1. The largest absolute Gasteiger partial charge is 0.394 e. The number of aliphatic hydroxyl groups is 1. The lowest BCUT2D eigenvalue weighted by molar-refractivity contribution is -0.199. The number of carbonyl (C=O) groups excluding carboxylic acids is 4. The zero-order chi connectivity index (χ0) is 25.7. The second kappa shape index (κ2) is 19.3. The fraction of sp³-hybridized carbons (Fsp3) is 0.556. The monoisotopic (exact) mass is 488 g/mol. The molecular weight excluding hydrogens is 448 g/mol. The summed E-state index contributed by atoms with van der Waals surface area (Å²) in [4.78, 5) is 51.8. The van der Waals surface area contributed by atoms with Crippen LogP contribution < -0.4 is 5.32 Å². The predicted octanol–water partition coefficient (Wildman–Crippen LogP) is 4.22. The summed E-state index contributed by atoms with van der Waals surface area (Å²) >= 11 is 0. The summed E-state index contributed by atoms with van der Waals surface area (Å²) in [5, 5.41) is 12.1. The van der Waals surface area contributed by atoms with Crippen molar-refractivity contribution in [2.24, 2.45) is 0 Å². The van der Waals surface area contributed by atoms with E-state index in [0.717, 1.165) is 19.3 Å². The van der Waals surface area contributed by atoms with Gasteiger partial charge in [-0.3, -0.25) is 14.4 Å². The molecule has 0 aromatic carbocycles. The third-order valence-corrected chi connectivity index (χ3v) is 5.22. The molecule has 3 amide bonds. The predicted molar refractivity (Wildman–Crippen MR) is 135 cm³/mol. The van der Waals surface area contributed by atoms with E-state index < -0.39 is 36.3 Å². The van der Waals surface area contributed by atoms with Gasteiger partial charge in [0.1, 0.15) is 0 Å². The summed E-state index contributed by atoms with van der Waals surface area (Å²) in [7, 11) is 0. The van der Waals surface area contributed by atoms with E-state index in [4.69, 9.17) is 4.84 Å². The van der Waals surface area contributed by atoms with Crippen molar-refractivity contribution < 1.29 is 29.1 Å². The van der Waals surface area contributed by atoms with Crippen LogP contribution >= 0.6 is 0 Å². The number of allylic oxidation sites excluding steroid dienone is 8. The number of imide groups is 1. The second-order valence-electron chi connectivity index (χ2n) is 8.28. The van der Waals surface area contributed by atoms with Gasteiger partial charge < -0.3 is 15.3 Å². The number of hydrogen-bond acceptors (Lipinski definition) is 6. The molecule has 194 valence electrons. The Bertz CT molecular complexity index is 769. The maximum atomic E-state index is 12.0. The highest BCUT2D eigenvalue weighted by Crippen LogP contribution is 2.12. The Labute approximate surface area is 208 Å². The first-order valence-electron chi connectivity index (χ1n) is 12.6. The van der Waals surface area contributed by atoms with E-state index in [9.17, 15) is 24.3 Å². The van der Waals surface area contributed by atoms with Crippen LogP contribution in [0.15, 0.2) is 48.6 Å². The summed E-state index contributed by atoms with van der Waals surface area (Å²) in [6, 6.07) is -1.33. The highest BCUT2D eigenvalue weighted by atomic mass is 16.7. The van der Waals surface area contributed by atoms with Gasteiger partial charge >= 0.3 is 5.97 Å². The first kappa shape index (κ1) is 30.0. The standard InChI is InChI=1S/C27H40N2O6/c1-2-3-4-5-6-7-8-9-10-11-12-13-14-15-16-17-18-19-24(31)28-23(22-30)27(34)35-29-25(32)20-21-26(29)33/h6-7,9-10,12-13,15-16,23,30H,2-5,8,11,14,17-22H2,1H3,(H,28,31)/b7-6-,10-9-,13-12-,16-15-. The van der Waals surface area contributed by atoms with Gasteiger partial charge in [0.25, 0.3) is 11.8 Å². The third-order valence-electron chi connectivity index (χ3n) is 5.22. The molecule has 8 heteroatoms. The van der Waals surface area contributed by atoms with E-state index >= 15 is 0 Å². The van der Waals surface area contributed by atoms with Gasteiger partial charge in [-0.15, -0.1) is 5.06 Å². The molecule has 0 spiro atoms. The van der Waals surface area contributed by atoms with Gasteiger partial charge in [-0.1, -0.05) is 68.4 Å². The average Bonchev–Trinajstić information content (AvgIpc) is 3.16. The van der Waals surface area contributed by atoms with Crippen LogP contribution in [0.2, 0.25) is 0 Å². The van der Waals surface area contributed by atoms with Crippen LogP contribution in [0.5, 0.6) is 0 Å². The summed E-state index contributed by atoms with van der Waals surface area (Å²) in [5.41, 5.74) is 0. The van der Waals surface area contributed by atoms with Gasteiger partial charge in [0.15, 0.2) is 6.04 Å². The average molecular weight is 489 g/mol. The number of hydroxylamine groups is 2. The summed E-state index contributed by atoms with van der Waals surface area (Å²) in [6.45, 7) is 1.52. The molecule has 1 fully saturated rings. The van der Waals surface area contributed by atoms with Crippen molar-refractivity contribution in [3.8, 4) is 0 Å². The zero-order valence-electron chi connectivity index (χ0n) is 20.8. The molecule has 0 saturated carbocycles. The highest BCUT2D eigenvalue weighted by molar-refractivity contribution is 6.01. The van der Waals surface area contributed by atoms with Gasteiger partial charge in [-0.2, -0.15) is 0 Å². The molecule has 35 heavy (non-hydrogen) atoms. The molecule has 0 aromatic rings. The number of aliphatic hydroxyl groups excluding tert-OH is 1. The van der Waals surface area contributed by atoms with E-state index in [-0.39, 0.29) is 19.3 Å². The molecule has 0 bridgehead atoms. The summed E-state index contributed by atoms with van der Waals surface area (Å²) in [5.74, 6) is -2.71. The quantitative estimate of drug-likeness (QED) is 0.170. The maximum absolute atomic E-state index is 12.0. The zero-order valence-corrected chi connectivity index (χ0v) is 20.8. The first-order chi connectivity index (χ1) is 17.0. The molecule has 8 nitrogen and oxygen atoms in total. The van der Waals surface area contributed by atoms with Gasteiger partial charge in [0, 0.05) is 19.3 Å². The molecule has 1 rings (SSSR count). The first-order valence-corrected chi connectivity index (χ1v) is 12.6. The van der Waals surface area contributed by atoms with E-state index in [0.29, 0.717) is 17.9 Å². The minimum absolute atomic E-state index is 0.0280. The Kier molecular flexibility index (Phi) is 16.6. The van der Waals surface area contributed by atoms with Crippen molar-refractivity contribution >= 4 is 23.7 Å². The maximum Gasteiger partial charge on any atom is 0.357 e. The molecule has 1 heterocycles. The SMILES string of the molecule is CCCCC/C=C\C/C=C\C/C=C\C/C=C\CCCC(=O)NC(CO)C(=O)ON1C(=O)CCC1=O. The minimum atomic E-state index is -1.33. The van der Waals surface area contributed by atoms with Gasteiger partial charge in [0.2, 0.25) is 5.91 Å². The molecule has 1 unspecified atom stereocenters. The Morgan fingerprint density at radius 2 is 1.40 bits per heavy atom. The van der Waals surface area contributed by atoms with Crippen molar-refractivity contribution in [1.82, 2.24) is 10.4 Å². The van der Waals surface area contributed by atoms with Crippen LogP contribution in [-0.2, 0) is 24.0 Å². The Hall–Kier alpha value is -3.00. The number of amides is 3. The number of rotatable bonds is 18. The van der Waals surface area contributed by atoms with E-state index in [1.807, 2.05) is 12.2 Å². The van der Waals surface area contributed by atoms with Crippen molar-refractivity contribution in [3.63, 3.8) is 0 Å². The normalized spacial score (nSPS) is 15.3. The molecule has 2 N–H and O–H groups in total. The fourth-order valence-electron chi connectivity index (χ4n) is 3.20. The number of nitrogens with zero attached hydrogens (tertiary/aromatic N) is 1. The van der Waals surface area contributed by atoms with Crippen molar-refractivity contribution in [2.45, 2.75) is 90.0 Å². The molecule has 1 aliphatic rings. The number of hydrogen-bond donors (Lipinski definition) is 2. The molecule has 1 atom stereocenters. The van der Waals surface area contributed by atoms with Gasteiger partial charge in [0.05, 0.1) is 6.61 Å². The molecule has 0 radical (unpaired) electrons. The third kappa shape index (κ3) is 14.1. The fourth-order valence-corrected chi connectivity index (χ4v) is 3.20. The second-order valence-corrected chi connectivity index (χ2v) is 8.28. The Balaban J connectivity index is 2.11. The molecule has 1 aliphatic heterocycles. The Morgan fingerprint density at radius 1 is 0.886 bits per heavy atom. The van der Waals surface area contributed by atoms with E-state index in [2.05, 4.69) is 48.7 Å². The summed E-state index contributed by atoms with van der Waals surface area (Å²) < 4.78 is 0. The lowest BCUT2D eigenvalue weighted by Gasteiger charge is -2.18. The highest BCUT2D eigenvalue weighted by Gasteiger charge is 2.35.